The number of fused-ring (bicyclic) bond motifs is 2. The number of piperidine rings is 2. The smallest absolute Gasteiger partial charge is 0.221 e. The van der Waals surface area contributed by atoms with Gasteiger partial charge in [0, 0.05) is 30.6 Å². The van der Waals surface area contributed by atoms with Gasteiger partial charge in [0.15, 0.2) is 0 Å². The average molecular weight is 295 g/mol. The van der Waals surface area contributed by atoms with Crippen LogP contribution in [0.5, 0.6) is 0 Å². The highest BCUT2D eigenvalue weighted by Gasteiger charge is 2.36. The lowest BCUT2D eigenvalue weighted by molar-refractivity contribution is -0.123. The van der Waals surface area contributed by atoms with E-state index in [9.17, 15) is 4.79 Å². The monoisotopic (exact) mass is 295 g/mol. The molecule has 3 atom stereocenters. The SMILES string of the molecule is CN1C2CCCC1CC(NC(=O)CC(N)CC(C)(C)C)C2. The van der Waals surface area contributed by atoms with E-state index in [1.807, 2.05) is 0 Å². The van der Waals surface area contributed by atoms with E-state index in [4.69, 9.17) is 5.73 Å². The minimum Gasteiger partial charge on any atom is -0.353 e. The number of nitrogens with one attached hydrogen (secondary N) is 1. The molecule has 21 heavy (non-hydrogen) atoms. The van der Waals surface area contributed by atoms with Crippen molar-refractivity contribution in [1.82, 2.24) is 10.2 Å². The fourth-order valence-electron chi connectivity index (χ4n) is 4.12. The topological polar surface area (TPSA) is 58.4 Å². The molecule has 0 spiro atoms. The van der Waals surface area contributed by atoms with E-state index in [0.717, 1.165) is 19.3 Å². The number of amides is 1. The van der Waals surface area contributed by atoms with E-state index >= 15 is 0 Å². The quantitative estimate of drug-likeness (QED) is 0.836. The van der Waals surface area contributed by atoms with Crippen LogP contribution in [0.15, 0.2) is 0 Å². The summed E-state index contributed by atoms with van der Waals surface area (Å²) in [6.45, 7) is 6.51. The van der Waals surface area contributed by atoms with Crippen LogP contribution in [0, 0.1) is 5.41 Å². The average Bonchev–Trinajstić information content (AvgIpc) is 2.27. The van der Waals surface area contributed by atoms with Gasteiger partial charge in [-0.25, -0.2) is 0 Å². The van der Waals surface area contributed by atoms with E-state index in [2.05, 4.69) is 38.0 Å². The van der Waals surface area contributed by atoms with Crippen molar-refractivity contribution in [3.8, 4) is 0 Å². The molecule has 2 saturated heterocycles. The van der Waals surface area contributed by atoms with Crippen LogP contribution in [-0.2, 0) is 4.79 Å². The lowest BCUT2D eigenvalue weighted by Crippen LogP contribution is -2.55. The Labute approximate surface area is 129 Å². The van der Waals surface area contributed by atoms with Crippen LogP contribution in [0.3, 0.4) is 0 Å². The summed E-state index contributed by atoms with van der Waals surface area (Å²) in [5.41, 5.74) is 6.30. The Bertz CT molecular complexity index is 350. The van der Waals surface area contributed by atoms with Crippen LogP contribution in [0.2, 0.25) is 0 Å². The minimum absolute atomic E-state index is 0.0317. The molecule has 0 radical (unpaired) electrons. The molecule has 2 fully saturated rings. The zero-order chi connectivity index (χ0) is 15.6. The highest BCUT2D eigenvalue weighted by atomic mass is 16.1. The summed E-state index contributed by atoms with van der Waals surface area (Å²) in [6, 6.07) is 1.64. The van der Waals surface area contributed by atoms with Crippen LogP contribution in [0.4, 0.5) is 0 Å². The number of hydrogen-bond donors (Lipinski definition) is 2. The molecular formula is C17H33N3O. The highest BCUT2D eigenvalue weighted by Crippen LogP contribution is 2.32. The molecule has 3 N–H and O–H groups in total. The summed E-state index contributed by atoms with van der Waals surface area (Å²) in [4.78, 5) is 14.7. The Morgan fingerprint density at radius 3 is 2.38 bits per heavy atom. The number of nitrogens with two attached hydrogens (primary N) is 1. The summed E-state index contributed by atoms with van der Waals surface area (Å²) < 4.78 is 0. The Balaban J connectivity index is 1.78. The van der Waals surface area contributed by atoms with Crippen molar-refractivity contribution >= 4 is 5.91 Å². The minimum atomic E-state index is -0.0317. The van der Waals surface area contributed by atoms with Crippen molar-refractivity contribution in [3.05, 3.63) is 0 Å². The first-order valence-electron chi connectivity index (χ1n) is 8.51. The number of rotatable bonds is 4. The molecule has 2 aliphatic heterocycles. The fourth-order valence-corrected chi connectivity index (χ4v) is 4.12. The fraction of sp³-hybridized carbons (Fsp3) is 0.941. The summed E-state index contributed by atoms with van der Waals surface area (Å²) >= 11 is 0. The maximum atomic E-state index is 12.2. The molecule has 0 aromatic rings. The molecule has 4 nitrogen and oxygen atoms in total. The van der Waals surface area contributed by atoms with Crippen LogP contribution in [0.25, 0.3) is 0 Å². The van der Waals surface area contributed by atoms with Crippen molar-refractivity contribution in [2.24, 2.45) is 11.1 Å². The van der Waals surface area contributed by atoms with Crippen LogP contribution in [-0.4, -0.2) is 42.0 Å². The third-order valence-electron chi connectivity index (χ3n) is 5.03. The van der Waals surface area contributed by atoms with Crippen LogP contribution in [0.1, 0.15) is 65.7 Å². The van der Waals surface area contributed by atoms with Gasteiger partial charge in [0.25, 0.3) is 0 Å². The largest absolute Gasteiger partial charge is 0.353 e. The lowest BCUT2D eigenvalue weighted by atomic mass is 9.82. The van der Waals surface area contributed by atoms with E-state index in [0.29, 0.717) is 24.5 Å². The molecule has 0 aromatic carbocycles. The van der Waals surface area contributed by atoms with Gasteiger partial charge in [-0.05, 0) is 44.6 Å². The number of hydrogen-bond acceptors (Lipinski definition) is 3. The van der Waals surface area contributed by atoms with Crippen molar-refractivity contribution in [3.63, 3.8) is 0 Å². The number of carbonyl (C=O) groups is 1. The van der Waals surface area contributed by atoms with Gasteiger partial charge in [-0.1, -0.05) is 27.2 Å². The standard InChI is InChI=1S/C17H33N3O/c1-17(2,3)11-12(18)8-16(21)19-13-9-14-6-5-7-15(10-13)20(14)4/h12-15H,5-11,18H2,1-4H3,(H,19,21). The van der Waals surface area contributed by atoms with E-state index in [1.54, 1.807) is 0 Å². The second-order valence-electron chi connectivity index (χ2n) is 8.37. The molecule has 0 saturated carbocycles. The van der Waals surface area contributed by atoms with E-state index in [1.165, 1.54) is 19.3 Å². The number of carbonyl (C=O) groups excluding carboxylic acids is 1. The third kappa shape index (κ3) is 4.96. The Morgan fingerprint density at radius 1 is 1.29 bits per heavy atom. The molecule has 2 rings (SSSR count). The van der Waals surface area contributed by atoms with Gasteiger partial charge in [-0.3, -0.25) is 4.79 Å². The molecular weight excluding hydrogens is 262 g/mol. The Morgan fingerprint density at radius 2 is 1.86 bits per heavy atom. The first kappa shape index (κ1) is 16.8. The van der Waals surface area contributed by atoms with E-state index in [-0.39, 0.29) is 17.4 Å². The van der Waals surface area contributed by atoms with Crippen molar-refractivity contribution in [2.75, 3.05) is 7.05 Å². The Hall–Kier alpha value is -0.610. The Kier molecular flexibility index (Phi) is 5.31. The van der Waals surface area contributed by atoms with Gasteiger partial charge in [0.05, 0.1) is 0 Å². The second kappa shape index (κ2) is 6.66. The van der Waals surface area contributed by atoms with E-state index < -0.39 is 0 Å². The van der Waals surface area contributed by atoms with Gasteiger partial charge >= 0.3 is 0 Å². The van der Waals surface area contributed by atoms with Crippen LogP contribution >= 0.6 is 0 Å². The second-order valence-corrected chi connectivity index (χ2v) is 8.37. The summed E-state index contributed by atoms with van der Waals surface area (Å²) in [6.07, 6.45) is 7.46. The summed E-state index contributed by atoms with van der Waals surface area (Å²) in [5.74, 6) is 0.138. The molecule has 2 aliphatic rings. The lowest BCUT2D eigenvalue weighted by Gasteiger charge is -2.47. The molecule has 4 heteroatoms. The van der Waals surface area contributed by atoms with Gasteiger partial charge in [0.1, 0.15) is 0 Å². The molecule has 2 heterocycles. The van der Waals surface area contributed by atoms with Crippen molar-refractivity contribution in [2.45, 2.75) is 89.9 Å². The van der Waals surface area contributed by atoms with Gasteiger partial charge in [-0.2, -0.15) is 0 Å². The van der Waals surface area contributed by atoms with Gasteiger partial charge in [-0.15, -0.1) is 0 Å². The predicted molar refractivity (Wildman–Crippen MR) is 87.0 cm³/mol. The molecule has 0 aliphatic carbocycles. The van der Waals surface area contributed by atoms with Crippen molar-refractivity contribution < 1.29 is 4.79 Å². The zero-order valence-electron chi connectivity index (χ0n) is 14.2. The van der Waals surface area contributed by atoms with Crippen LogP contribution < -0.4 is 11.1 Å². The molecule has 2 bridgehead atoms. The zero-order valence-corrected chi connectivity index (χ0v) is 14.2. The molecule has 0 aromatic heterocycles. The predicted octanol–water partition coefficient (Wildman–Crippen LogP) is 2.27. The maximum Gasteiger partial charge on any atom is 0.221 e. The summed E-state index contributed by atoms with van der Waals surface area (Å²) in [5, 5.41) is 3.24. The van der Waals surface area contributed by atoms with Gasteiger partial charge in [0.2, 0.25) is 5.91 Å². The molecule has 3 unspecified atom stereocenters. The van der Waals surface area contributed by atoms with Gasteiger partial charge < -0.3 is 16.0 Å². The highest BCUT2D eigenvalue weighted by molar-refractivity contribution is 5.76. The summed E-state index contributed by atoms with van der Waals surface area (Å²) in [7, 11) is 2.24. The normalized spacial score (nSPS) is 31.8. The van der Waals surface area contributed by atoms with Crippen molar-refractivity contribution in [1.29, 1.82) is 0 Å². The number of nitrogens with zero attached hydrogens (tertiary/aromatic N) is 1. The first-order valence-corrected chi connectivity index (χ1v) is 8.51. The maximum absolute atomic E-state index is 12.2. The third-order valence-corrected chi connectivity index (χ3v) is 5.03. The first-order chi connectivity index (χ1) is 9.74. The molecule has 122 valence electrons. The molecule has 1 amide bonds.